The number of nitrogens with zero attached hydrogens (tertiary/aromatic N) is 1. The Kier molecular flexibility index (Phi) is 3.55. The normalized spacial score (nSPS) is 10.3. The number of aryl methyl sites for hydroxylation is 2. The number of halogens is 2. The van der Waals surface area contributed by atoms with E-state index in [1.807, 2.05) is 0 Å². The molecular weight excluding hydrogens is 250 g/mol. The van der Waals surface area contributed by atoms with Crippen LogP contribution in [0.5, 0.6) is 0 Å². The minimum absolute atomic E-state index is 0.113. The predicted molar refractivity (Wildman–Crippen MR) is 68.0 cm³/mol. The molecule has 0 saturated carbocycles. The van der Waals surface area contributed by atoms with E-state index in [0.717, 1.165) is 6.20 Å². The highest BCUT2D eigenvalue weighted by atomic mass is 19.1. The average Bonchev–Trinajstić information content (AvgIpc) is 2.33. The van der Waals surface area contributed by atoms with Crippen LogP contribution >= 0.6 is 0 Å². The Morgan fingerprint density at radius 2 is 1.89 bits per heavy atom. The third kappa shape index (κ3) is 2.93. The number of carbonyl (C=O) groups is 1. The maximum atomic E-state index is 13.3. The predicted octanol–water partition coefficient (Wildman–Crippen LogP) is 3.23. The molecule has 2 aromatic rings. The molecule has 0 unspecified atom stereocenters. The largest absolute Gasteiger partial charge is 0.321 e. The lowest BCUT2D eigenvalue weighted by Crippen LogP contribution is -2.15. The minimum atomic E-state index is -0.504. The van der Waals surface area contributed by atoms with Crippen LogP contribution in [0, 0.1) is 25.5 Å². The molecule has 0 fully saturated rings. The maximum absolute atomic E-state index is 13.3. The van der Waals surface area contributed by atoms with Crippen LogP contribution in [0.3, 0.4) is 0 Å². The summed E-state index contributed by atoms with van der Waals surface area (Å²) in [5.74, 6) is -1.40. The van der Waals surface area contributed by atoms with E-state index in [2.05, 4.69) is 10.3 Å². The first-order valence-corrected chi connectivity index (χ1v) is 5.67. The van der Waals surface area contributed by atoms with Crippen LogP contribution in [0.1, 0.15) is 21.6 Å². The maximum Gasteiger partial charge on any atom is 0.274 e. The topological polar surface area (TPSA) is 42.0 Å². The van der Waals surface area contributed by atoms with Crippen molar-refractivity contribution in [2.45, 2.75) is 13.8 Å². The number of amides is 1. The molecule has 0 aliphatic carbocycles. The van der Waals surface area contributed by atoms with Gasteiger partial charge in [-0.25, -0.2) is 13.8 Å². The summed E-state index contributed by atoms with van der Waals surface area (Å²) in [6.07, 6.45) is 0.970. The Morgan fingerprint density at radius 1 is 1.16 bits per heavy atom. The summed E-state index contributed by atoms with van der Waals surface area (Å²) in [5, 5.41) is 2.52. The third-order valence-electron chi connectivity index (χ3n) is 2.69. The second-order valence-electron chi connectivity index (χ2n) is 4.24. The van der Waals surface area contributed by atoms with Crippen molar-refractivity contribution in [3.8, 4) is 0 Å². The third-order valence-corrected chi connectivity index (χ3v) is 2.69. The van der Waals surface area contributed by atoms with Gasteiger partial charge in [0.05, 0.1) is 6.20 Å². The van der Waals surface area contributed by atoms with E-state index in [0.29, 0.717) is 16.8 Å². The molecule has 0 aliphatic heterocycles. The molecule has 98 valence electrons. The molecular formula is C14H12F2N2O. The van der Waals surface area contributed by atoms with Crippen LogP contribution in [0.4, 0.5) is 14.5 Å². The number of nitrogens with one attached hydrogen (secondary N) is 1. The summed E-state index contributed by atoms with van der Waals surface area (Å²) in [6.45, 7) is 3.22. The summed E-state index contributed by atoms with van der Waals surface area (Å²) in [6, 6.07) is 5.61. The summed E-state index contributed by atoms with van der Waals surface area (Å²) >= 11 is 0. The van der Waals surface area contributed by atoms with Gasteiger partial charge < -0.3 is 5.32 Å². The van der Waals surface area contributed by atoms with Crippen molar-refractivity contribution in [2.75, 3.05) is 5.32 Å². The van der Waals surface area contributed by atoms with Crippen LogP contribution in [0.25, 0.3) is 0 Å². The Bertz CT molecular complexity index is 641. The number of hydrogen-bond donors (Lipinski definition) is 1. The highest BCUT2D eigenvalue weighted by Crippen LogP contribution is 2.15. The zero-order chi connectivity index (χ0) is 14.0. The van der Waals surface area contributed by atoms with Gasteiger partial charge in [-0.05, 0) is 43.2 Å². The quantitative estimate of drug-likeness (QED) is 0.902. The van der Waals surface area contributed by atoms with E-state index in [-0.39, 0.29) is 5.69 Å². The number of rotatable bonds is 2. The van der Waals surface area contributed by atoms with Crippen molar-refractivity contribution in [1.29, 1.82) is 0 Å². The molecule has 0 aliphatic rings. The van der Waals surface area contributed by atoms with Crippen LogP contribution in [-0.4, -0.2) is 10.9 Å². The van der Waals surface area contributed by atoms with Gasteiger partial charge in [0.25, 0.3) is 5.91 Å². The Hall–Kier alpha value is -2.30. The van der Waals surface area contributed by atoms with Crippen molar-refractivity contribution in [2.24, 2.45) is 0 Å². The lowest BCUT2D eigenvalue weighted by Gasteiger charge is -2.07. The van der Waals surface area contributed by atoms with E-state index in [9.17, 15) is 13.6 Å². The summed E-state index contributed by atoms with van der Waals surface area (Å²) in [7, 11) is 0. The van der Waals surface area contributed by atoms with E-state index in [4.69, 9.17) is 0 Å². The van der Waals surface area contributed by atoms with Gasteiger partial charge in [0.2, 0.25) is 0 Å². The average molecular weight is 262 g/mol. The van der Waals surface area contributed by atoms with Crippen LogP contribution < -0.4 is 5.32 Å². The highest BCUT2D eigenvalue weighted by molar-refractivity contribution is 6.03. The molecule has 0 radical (unpaired) electrons. The van der Waals surface area contributed by atoms with Crippen LogP contribution in [-0.2, 0) is 0 Å². The number of hydrogen-bond acceptors (Lipinski definition) is 2. The highest BCUT2D eigenvalue weighted by Gasteiger charge is 2.12. The molecule has 19 heavy (non-hydrogen) atoms. The number of aromatic nitrogens is 1. The standard InChI is InChI=1S/C14H12F2N2O/c1-8-3-4-11(6-12(8)16)18-14(19)13-9(2)5-10(15)7-17-13/h3-7H,1-2H3,(H,18,19). The zero-order valence-electron chi connectivity index (χ0n) is 10.5. The van der Waals surface area contributed by atoms with Gasteiger partial charge in [0.1, 0.15) is 17.3 Å². The number of benzene rings is 1. The van der Waals surface area contributed by atoms with E-state index >= 15 is 0 Å². The van der Waals surface area contributed by atoms with Gasteiger partial charge in [-0.3, -0.25) is 4.79 Å². The fourth-order valence-corrected chi connectivity index (χ4v) is 1.64. The van der Waals surface area contributed by atoms with E-state index < -0.39 is 17.5 Å². The Balaban J connectivity index is 2.23. The second-order valence-corrected chi connectivity index (χ2v) is 4.24. The van der Waals surface area contributed by atoms with E-state index in [1.54, 1.807) is 26.0 Å². The Morgan fingerprint density at radius 3 is 2.53 bits per heavy atom. The Labute approximate surface area is 109 Å². The van der Waals surface area contributed by atoms with Gasteiger partial charge in [-0.2, -0.15) is 0 Å². The molecule has 1 amide bonds. The SMILES string of the molecule is Cc1ccc(NC(=O)c2ncc(F)cc2C)cc1F. The van der Waals surface area contributed by atoms with Gasteiger partial charge in [-0.15, -0.1) is 0 Å². The van der Waals surface area contributed by atoms with Gasteiger partial charge in [0, 0.05) is 5.69 Å². The molecule has 0 atom stereocenters. The fourth-order valence-electron chi connectivity index (χ4n) is 1.64. The van der Waals surface area contributed by atoms with Crippen molar-refractivity contribution in [3.05, 3.63) is 58.9 Å². The lowest BCUT2D eigenvalue weighted by molar-refractivity contribution is 0.102. The molecule has 5 heteroatoms. The van der Waals surface area contributed by atoms with Crippen molar-refractivity contribution < 1.29 is 13.6 Å². The van der Waals surface area contributed by atoms with E-state index in [1.165, 1.54) is 12.1 Å². The molecule has 1 aromatic heterocycles. The van der Waals surface area contributed by atoms with Crippen LogP contribution in [0.2, 0.25) is 0 Å². The smallest absolute Gasteiger partial charge is 0.274 e. The van der Waals surface area contributed by atoms with Gasteiger partial charge in [-0.1, -0.05) is 6.07 Å². The van der Waals surface area contributed by atoms with Gasteiger partial charge in [0.15, 0.2) is 0 Å². The van der Waals surface area contributed by atoms with Crippen molar-refractivity contribution >= 4 is 11.6 Å². The number of pyridine rings is 1. The van der Waals surface area contributed by atoms with Gasteiger partial charge >= 0.3 is 0 Å². The summed E-state index contributed by atoms with van der Waals surface area (Å²) < 4.78 is 26.2. The number of carbonyl (C=O) groups excluding carboxylic acids is 1. The molecule has 0 bridgehead atoms. The first kappa shape index (κ1) is 13.1. The lowest BCUT2D eigenvalue weighted by atomic mass is 10.2. The molecule has 0 saturated heterocycles. The molecule has 2 rings (SSSR count). The molecule has 1 N–H and O–H groups in total. The molecule has 1 aromatic carbocycles. The zero-order valence-corrected chi connectivity index (χ0v) is 10.5. The monoisotopic (exact) mass is 262 g/mol. The minimum Gasteiger partial charge on any atom is -0.321 e. The van der Waals surface area contributed by atoms with Crippen molar-refractivity contribution in [1.82, 2.24) is 4.98 Å². The molecule has 0 spiro atoms. The number of anilines is 1. The van der Waals surface area contributed by atoms with Crippen LogP contribution in [0.15, 0.2) is 30.5 Å². The summed E-state index contributed by atoms with van der Waals surface area (Å²) in [4.78, 5) is 15.7. The molecule has 1 heterocycles. The second kappa shape index (κ2) is 5.14. The summed E-state index contributed by atoms with van der Waals surface area (Å²) in [5.41, 5.74) is 1.36. The molecule has 3 nitrogen and oxygen atoms in total. The fraction of sp³-hybridized carbons (Fsp3) is 0.143. The first-order chi connectivity index (χ1) is 8.97. The first-order valence-electron chi connectivity index (χ1n) is 5.67. The van der Waals surface area contributed by atoms with Crippen molar-refractivity contribution in [3.63, 3.8) is 0 Å².